The molecule has 0 bridgehead atoms. The monoisotopic (exact) mass is 300 g/mol. The molecule has 3 nitrogen and oxygen atoms in total. The minimum Gasteiger partial charge on any atom is -0.491 e. The van der Waals surface area contributed by atoms with Crippen LogP contribution in [-0.4, -0.2) is 17.3 Å². The fourth-order valence-electron chi connectivity index (χ4n) is 2.26. The molecule has 118 valence electrons. The van der Waals surface area contributed by atoms with Gasteiger partial charge in [-0.3, -0.25) is 0 Å². The standard InChI is InChI=1S/C19H24O3/c1-13(2)21-17-10-16(11-18(12-17)22-14(3)4)19(20)15-8-6-5-7-9-15/h5-14,19-20H,1-4H3. The molecular formula is C19H24O3. The zero-order chi connectivity index (χ0) is 16.1. The fraction of sp³-hybridized carbons (Fsp3) is 0.368. The number of benzene rings is 2. The third-order valence-corrected chi connectivity index (χ3v) is 3.08. The zero-order valence-electron chi connectivity index (χ0n) is 13.6. The molecule has 0 aromatic heterocycles. The van der Waals surface area contributed by atoms with E-state index in [0.717, 1.165) is 11.1 Å². The van der Waals surface area contributed by atoms with Crippen molar-refractivity contribution in [3.63, 3.8) is 0 Å². The van der Waals surface area contributed by atoms with Gasteiger partial charge in [0, 0.05) is 6.07 Å². The lowest BCUT2D eigenvalue weighted by molar-refractivity contribution is 0.210. The SMILES string of the molecule is CC(C)Oc1cc(OC(C)C)cc(C(O)c2ccccc2)c1. The zero-order valence-corrected chi connectivity index (χ0v) is 13.6. The van der Waals surface area contributed by atoms with Gasteiger partial charge >= 0.3 is 0 Å². The van der Waals surface area contributed by atoms with E-state index in [1.165, 1.54) is 0 Å². The van der Waals surface area contributed by atoms with Crippen molar-refractivity contribution in [2.45, 2.75) is 46.0 Å². The summed E-state index contributed by atoms with van der Waals surface area (Å²) in [5.74, 6) is 1.41. The van der Waals surface area contributed by atoms with Crippen LogP contribution in [0, 0.1) is 0 Å². The van der Waals surface area contributed by atoms with Gasteiger partial charge in [-0.05, 0) is 51.0 Å². The summed E-state index contributed by atoms with van der Waals surface area (Å²) in [5.41, 5.74) is 1.61. The first kappa shape index (κ1) is 16.4. The smallest absolute Gasteiger partial charge is 0.123 e. The molecular weight excluding hydrogens is 276 g/mol. The second-order valence-electron chi connectivity index (χ2n) is 5.88. The van der Waals surface area contributed by atoms with E-state index in [0.29, 0.717) is 11.5 Å². The highest BCUT2D eigenvalue weighted by molar-refractivity contribution is 5.42. The van der Waals surface area contributed by atoms with Crippen molar-refractivity contribution >= 4 is 0 Å². The van der Waals surface area contributed by atoms with Gasteiger partial charge in [-0.1, -0.05) is 30.3 Å². The highest BCUT2D eigenvalue weighted by Gasteiger charge is 2.14. The molecule has 1 N–H and O–H groups in total. The molecule has 0 amide bonds. The van der Waals surface area contributed by atoms with Crippen LogP contribution in [0.5, 0.6) is 11.5 Å². The summed E-state index contributed by atoms with van der Waals surface area (Å²) >= 11 is 0. The average Bonchev–Trinajstić information content (AvgIpc) is 2.45. The Balaban J connectivity index is 2.36. The Morgan fingerprint density at radius 3 is 1.68 bits per heavy atom. The van der Waals surface area contributed by atoms with Crippen LogP contribution >= 0.6 is 0 Å². The first-order valence-corrected chi connectivity index (χ1v) is 7.67. The molecule has 3 heteroatoms. The van der Waals surface area contributed by atoms with E-state index in [2.05, 4.69) is 0 Å². The van der Waals surface area contributed by atoms with Crippen LogP contribution in [0.1, 0.15) is 44.9 Å². The maximum absolute atomic E-state index is 10.6. The van der Waals surface area contributed by atoms with Gasteiger partial charge in [0.2, 0.25) is 0 Å². The molecule has 0 aliphatic rings. The predicted molar refractivity (Wildman–Crippen MR) is 88.5 cm³/mol. The number of hydrogen-bond donors (Lipinski definition) is 1. The van der Waals surface area contributed by atoms with Crippen LogP contribution in [-0.2, 0) is 0 Å². The van der Waals surface area contributed by atoms with E-state index in [9.17, 15) is 5.11 Å². The van der Waals surface area contributed by atoms with Crippen LogP contribution < -0.4 is 9.47 Å². The fourth-order valence-corrected chi connectivity index (χ4v) is 2.26. The lowest BCUT2D eigenvalue weighted by Gasteiger charge is -2.18. The first-order valence-electron chi connectivity index (χ1n) is 7.67. The molecule has 0 radical (unpaired) electrons. The van der Waals surface area contributed by atoms with Crippen molar-refractivity contribution in [1.29, 1.82) is 0 Å². The summed E-state index contributed by atoms with van der Waals surface area (Å²) in [5, 5.41) is 10.6. The Labute approximate surface area is 132 Å². The summed E-state index contributed by atoms with van der Waals surface area (Å²) in [6, 6.07) is 15.2. The van der Waals surface area contributed by atoms with Gasteiger partial charge in [-0.2, -0.15) is 0 Å². The molecule has 2 rings (SSSR count). The molecule has 22 heavy (non-hydrogen) atoms. The van der Waals surface area contributed by atoms with E-state index >= 15 is 0 Å². The molecule has 0 saturated heterocycles. The highest BCUT2D eigenvalue weighted by atomic mass is 16.5. The van der Waals surface area contributed by atoms with Crippen LogP contribution in [0.2, 0.25) is 0 Å². The lowest BCUT2D eigenvalue weighted by Crippen LogP contribution is -2.09. The van der Waals surface area contributed by atoms with Crippen molar-refractivity contribution < 1.29 is 14.6 Å². The molecule has 1 unspecified atom stereocenters. The quantitative estimate of drug-likeness (QED) is 0.862. The van der Waals surface area contributed by atoms with Gasteiger partial charge in [0.05, 0.1) is 12.2 Å². The third-order valence-electron chi connectivity index (χ3n) is 3.08. The van der Waals surface area contributed by atoms with Crippen molar-refractivity contribution in [3.05, 3.63) is 59.7 Å². The maximum atomic E-state index is 10.6. The summed E-state index contributed by atoms with van der Waals surface area (Å²) in [4.78, 5) is 0. The normalized spacial score (nSPS) is 12.5. The van der Waals surface area contributed by atoms with Crippen molar-refractivity contribution in [1.82, 2.24) is 0 Å². The molecule has 0 aliphatic carbocycles. The molecule has 0 heterocycles. The summed E-state index contributed by atoms with van der Waals surface area (Å²) in [6.45, 7) is 7.90. The van der Waals surface area contributed by atoms with E-state index in [1.807, 2.05) is 76.2 Å². The minimum atomic E-state index is -0.702. The Hall–Kier alpha value is -2.00. The Morgan fingerprint density at radius 1 is 0.727 bits per heavy atom. The van der Waals surface area contributed by atoms with Crippen molar-refractivity contribution in [2.75, 3.05) is 0 Å². The van der Waals surface area contributed by atoms with E-state index in [1.54, 1.807) is 0 Å². The van der Waals surface area contributed by atoms with Crippen LogP contribution in [0.4, 0.5) is 0 Å². The van der Waals surface area contributed by atoms with Gasteiger partial charge in [0.1, 0.15) is 17.6 Å². The Bertz CT molecular complexity index is 563. The summed E-state index contributed by atoms with van der Waals surface area (Å²) in [6.07, 6.45) is -0.571. The largest absolute Gasteiger partial charge is 0.491 e. The maximum Gasteiger partial charge on any atom is 0.123 e. The Kier molecular flexibility index (Phi) is 5.45. The van der Waals surface area contributed by atoms with E-state index in [4.69, 9.17) is 9.47 Å². The van der Waals surface area contributed by atoms with Crippen molar-refractivity contribution in [3.8, 4) is 11.5 Å². The summed E-state index contributed by atoms with van der Waals surface area (Å²) < 4.78 is 11.5. The number of aliphatic hydroxyl groups excluding tert-OH is 1. The van der Waals surface area contributed by atoms with Crippen LogP contribution in [0.3, 0.4) is 0 Å². The van der Waals surface area contributed by atoms with E-state index in [-0.39, 0.29) is 12.2 Å². The lowest BCUT2D eigenvalue weighted by atomic mass is 10.0. The van der Waals surface area contributed by atoms with E-state index < -0.39 is 6.10 Å². The second-order valence-corrected chi connectivity index (χ2v) is 5.88. The van der Waals surface area contributed by atoms with Gasteiger partial charge in [-0.25, -0.2) is 0 Å². The first-order chi connectivity index (χ1) is 10.5. The van der Waals surface area contributed by atoms with Gasteiger partial charge < -0.3 is 14.6 Å². The van der Waals surface area contributed by atoms with Gasteiger partial charge in [-0.15, -0.1) is 0 Å². The van der Waals surface area contributed by atoms with Gasteiger partial charge in [0.25, 0.3) is 0 Å². The summed E-state index contributed by atoms with van der Waals surface area (Å²) in [7, 11) is 0. The Morgan fingerprint density at radius 2 is 1.23 bits per heavy atom. The highest BCUT2D eigenvalue weighted by Crippen LogP contribution is 2.31. The molecule has 0 spiro atoms. The number of hydrogen-bond acceptors (Lipinski definition) is 3. The topological polar surface area (TPSA) is 38.7 Å². The van der Waals surface area contributed by atoms with Crippen molar-refractivity contribution in [2.24, 2.45) is 0 Å². The molecule has 1 atom stereocenters. The minimum absolute atomic E-state index is 0.0658. The third kappa shape index (κ3) is 4.50. The van der Waals surface area contributed by atoms with Gasteiger partial charge in [0.15, 0.2) is 0 Å². The number of ether oxygens (including phenoxy) is 2. The number of rotatable bonds is 6. The average molecular weight is 300 g/mol. The van der Waals surface area contributed by atoms with Crippen LogP contribution in [0.15, 0.2) is 48.5 Å². The predicted octanol–water partition coefficient (Wildman–Crippen LogP) is 4.34. The second kappa shape index (κ2) is 7.32. The molecule has 2 aromatic rings. The molecule has 0 fully saturated rings. The molecule has 2 aromatic carbocycles. The number of aliphatic hydroxyl groups is 1. The molecule has 0 saturated carbocycles. The van der Waals surface area contributed by atoms with Crippen LogP contribution in [0.25, 0.3) is 0 Å². The molecule has 0 aliphatic heterocycles.